The number of hydrogen-bond acceptors (Lipinski definition) is 7. The minimum absolute atomic E-state index is 0.142. The van der Waals surface area contributed by atoms with Gasteiger partial charge in [0.1, 0.15) is 5.75 Å². The number of nitrogen functional groups attached to an aromatic ring is 1. The third-order valence-electron chi connectivity index (χ3n) is 1.79. The summed E-state index contributed by atoms with van der Waals surface area (Å²) in [5.41, 5.74) is 8.79. The van der Waals surface area contributed by atoms with Gasteiger partial charge in [0.05, 0.1) is 6.21 Å². The van der Waals surface area contributed by atoms with Gasteiger partial charge in [-0.25, -0.2) is 4.63 Å². The van der Waals surface area contributed by atoms with E-state index in [1.54, 1.807) is 30.5 Å². The number of nitrogens with zero attached hydrogens (tertiary/aromatic N) is 3. The van der Waals surface area contributed by atoms with Crippen molar-refractivity contribution in [2.24, 2.45) is 5.10 Å². The van der Waals surface area contributed by atoms with Crippen LogP contribution < -0.4 is 11.2 Å². The van der Waals surface area contributed by atoms with Crippen molar-refractivity contribution < 1.29 is 9.74 Å². The fourth-order valence-electron chi connectivity index (χ4n) is 1.00. The summed E-state index contributed by atoms with van der Waals surface area (Å²) in [4.78, 5) is 0. The van der Waals surface area contributed by atoms with Gasteiger partial charge in [-0.1, -0.05) is 0 Å². The molecule has 0 aliphatic carbocycles. The summed E-state index contributed by atoms with van der Waals surface area (Å²) in [7, 11) is 0. The summed E-state index contributed by atoms with van der Waals surface area (Å²) >= 11 is 0. The van der Waals surface area contributed by atoms with Crippen molar-refractivity contribution in [3.63, 3.8) is 0 Å². The highest BCUT2D eigenvalue weighted by Crippen LogP contribution is 2.10. The molecule has 7 heteroatoms. The zero-order chi connectivity index (χ0) is 11.4. The highest BCUT2D eigenvalue weighted by atomic mass is 16.6. The van der Waals surface area contributed by atoms with Gasteiger partial charge in [0, 0.05) is 0 Å². The molecule has 0 saturated heterocycles. The normalized spacial score (nSPS) is 10.8. The minimum Gasteiger partial charge on any atom is -0.508 e. The Morgan fingerprint density at radius 1 is 1.31 bits per heavy atom. The van der Waals surface area contributed by atoms with Gasteiger partial charge in [0.2, 0.25) is 11.6 Å². The van der Waals surface area contributed by atoms with Gasteiger partial charge in [0.25, 0.3) is 0 Å². The van der Waals surface area contributed by atoms with E-state index in [4.69, 9.17) is 10.8 Å². The van der Waals surface area contributed by atoms with E-state index in [2.05, 4.69) is 25.5 Å². The molecule has 1 aromatic carbocycles. The van der Waals surface area contributed by atoms with E-state index < -0.39 is 0 Å². The lowest BCUT2D eigenvalue weighted by Gasteiger charge is -1.94. The lowest BCUT2D eigenvalue weighted by Crippen LogP contribution is -1.95. The van der Waals surface area contributed by atoms with Crippen molar-refractivity contribution in [1.82, 2.24) is 10.3 Å². The minimum atomic E-state index is 0.142. The molecule has 2 rings (SSSR count). The molecule has 1 aromatic heterocycles. The van der Waals surface area contributed by atoms with Crippen LogP contribution in [0.2, 0.25) is 0 Å². The van der Waals surface area contributed by atoms with Crippen LogP contribution in [-0.2, 0) is 0 Å². The number of rotatable bonds is 3. The lowest BCUT2D eigenvalue weighted by atomic mass is 10.2. The van der Waals surface area contributed by atoms with Crippen LogP contribution in [-0.4, -0.2) is 21.6 Å². The number of aromatic hydroxyl groups is 1. The summed E-state index contributed by atoms with van der Waals surface area (Å²) in [5.74, 6) is 0.605. The Bertz CT molecular complexity index is 491. The van der Waals surface area contributed by atoms with Crippen LogP contribution >= 0.6 is 0 Å². The first-order valence-electron chi connectivity index (χ1n) is 4.42. The van der Waals surface area contributed by atoms with Crippen molar-refractivity contribution in [3.8, 4) is 5.75 Å². The largest absolute Gasteiger partial charge is 0.508 e. The molecule has 0 fully saturated rings. The van der Waals surface area contributed by atoms with E-state index in [0.717, 1.165) is 5.56 Å². The molecule has 0 amide bonds. The zero-order valence-electron chi connectivity index (χ0n) is 8.16. The number of hydrazone groups is 1. The van der Waals surface area contributed by atoms with Gasteiger partial charge in [-0.15, -0.1) is 0 Å². The molecule has 2 aromatic rings. The predicted octanol–water partition coefficient (Wildman–Crippen LogP) is 0.803. The molecule has 16 heavy (non-hydrogen) atoms. The number of phenolic OH excluding ortho intramolecular Hbond substituents is 1. The highest BCUT2D eigenvalue weighted by Gasteiger charge is 2.02. The Labute approximate surface area is 90.5 Å². The van der Waals surface area contributed by atoms with E-state index in [-0.39, 0.29) is 17.4 Å². The van der Waals surface area contributed by atoms with Crippen molar-refractivity contribution in [1.29, 1.82) is 0 Å². The van der Waals surface area contributed by atoms with Gasteiger partial charge < -0.3 is 10.8 Å². The summed E-state index contributed by atoms with van der Waals surface area (Å²) < 4.78 is 4.37. The molecular weight excluding hydrogens is 210 g/mol. The SMILES string of the molecule is Nc1nonc1NN=Cc1ccc(O)cc1. The predicted molar refractivity (Wildman–Crippen MR) is 58.0 cm³/mol. The van der Waals surface area contributed by atoms with Crippen LogP contribution in [0.1, 0.15) is 5.56 Å². The monoisotopic (exact) mass is 219 g/mol. The van der Waals surface area contributed by atoms with Gasteiger partial charge in [-0.05, 0) is 40.1 Å². The standard InChI is InChI=1S/C9H9N5O2/c10-8-9(14-16-13-8)12-11-5-6-1-3-7(15)4-2-6/h1-5,15H,(H2,10,13)(H,12,14). The first-order chi connectivity index (χ1) is 7.75. The van der Waals surface area contributed by atoms with Crippen molar-refractivity contribution in [2.45, 2.75) is 0 Å². The Morgan fingerprint density at radius 2 is 2.06 bits per heavy atom. The van der Waals surface area contributed by atoms with E-state index >= 15 is 0 Å². The van der Waals surface area contributed by atoms with Gasteiger partial charge in [-0.2, -0.15) is 5.10 Å². The molecule has 0 saturated carbocycles. The number of hydrogen-bond donors (Lipinski definition) is 3. The van der Waals surface area contributed by atoms with Gasteiger partial charge >= 0.3 is 0 Å². The molecule has 0 spiro atoms. The maximum absolute atomic E-state index is 9.06. The molecule has 7 nitrogen and oxygen atoms in total. The van der Waals surface area contributed by atoms with Crippen LogP contribution in [0.4, 0.5) is 11.6 Å². The zero-order valence-corrected chi connectivity index (χ0v) is 8.16. The third kappa shape index (κ3) is 2.27. The first kappa shape index (κ1) is 9.97. The fraction of sp³-hybridized carbons (Fsp3) is 0. The Hall–Kier alpha value is -2.57. The van der Waals surface area contributed by atoms with Crippen LogP contribution in [0.5, 0.6) is 5.75 Å². The maximum atomic E-state index is 9.06. The first-order valence-corrected chi connectivity index (χ1v) is 4.42. The summed E-state index contributed by atoms with van der Waals surface area (Å²) in [5, 5.41) is 19.8. The Kier molecular flexibility index (Phi) is 2.68. The van der Waals surface area contributed by atoms with Crippen molar-refractivity contribution in [3.05, 3.63) is 29.8 Å². The molecule has 82 valence electrons. The van der Waals surface area contributed by atoms with Gasteiger partial charge in [0.15, 0.2) is 0 Å². The number of nitrogens with one attached hydrogen (secondary N) is 1. The molecule has 0 aliphatic heterocycles. The van der Waals surface area contributed by atoms with Crippen LogP contribution in [0.3, 0.4) is 0 Å². The molecule has 0 radical (unpaired) electrons. The summed E-state index contributed by atoms with van der Waals surface area (Å²) in [6.07, 6.45) is 1.55. The molecule has 0 aliphatic rings. The molecule has 0 unspecified atom stereocenters. The second-order valence-corrected chi connectivity index (χ2v) is 2.96. The summed E-state index contributed by atoms with van der Waals surface area (Å²) in [6, 6.07) is 6.55. The fourth-order valence-corrected chi connectivity index (χ4v) is 1.00. The number of nitrogens with two attached hydrogens (primary N) is 1. The van der Waals surface area contributed by atoms with E-state index in [1.807, 2.05) is 0 Å². The van der Waals surface area contributed by atoms with E-state index in [9.17, 15) is 0 Å². The summed E-state index contributed by atoms with van der Waals surface area (Å²) in [6.45, 7) is 0. The topological polar surface area (TPSA) is 110 Å². The van der Waals surface area contributed by atoms with Crippen molar-refractivity contribution in [2.75, 3.05) is 11.2 Å². The highest BCUT2D eigenvalue weighted by molar-refractivity contribution is 5.80. The molecular formula is C9H9N5O2. The molecule has 0 bridgehead atoms. The van der Waals surface area contributed by atoms with Crippen LogP contribution in [0, 0.1) is 0 Å². The number of phenols is 1. The third-order valence-corrected chi connectivity index (χ3v) is 1.79. The average Bonchev–Trinajstić information content (AvgIpc) is 2.68. The number of benzene rings is 1. The quantitative estimate of drug-likeness (QED) is 0.520. The number of aromatic nitrogens is 2. The second kappa shape index (κ2) is 4.30. The smallest absolute Gasteiger partial charge is 0.235 e. The molecule has 0 atom stereocenters. The van der Waals surface area contributed by atoms with Gasteiger partial charge in [-0.3, -0.25) is 5.43 Å². The Morgan fingerprint density at radius 3 is 2.69 bits per heavy atom. The van der Waals surface area contributed by atoms with Crippen LogP contribution in [0.15, 0.2) is 34.0 Å². The van der Waals surface area contributed by atoms with E-state index in [1.165, 1.54) is 0 Å². The average molecular weight is 219 g/mol. The van der Waals surface area contributed by atoms with Crippen LogP contribution in [0.25, 0.3) is 0 Å². The lowest BCUT2D eigenvalue weighted by molar-refractivity contribution is 0.310. The number of anilines is 2. The molecule has 1 heterocycles. The maximum Gasteiger partial charge on any atom is 0.235 e. The molecule has 4 N–H and O–H groups in total. The van der Waals surface area contributed by atoms with Crippen molar-refractivity contribution >= 4 is 17.9 Å². The van der Waals surface area contributed by atoms with E-state index in [0.29, 0.717) is 0 Å². The Balaban J connectivity index is 2.00. The second-order valence-electron chi connectivity index (χ2n) is 2.96.